The van der Waals surface area contributed by atoms with Gasteiger partial charge < -0.3 is 9.47 Å². The van der Waals surface area contributed by atoms with Gasteiger partial charge in [0, 0.05) is 13.8 Å². The number of cyclic esters (lactones) is 1. The fraction of sp³-hybridized carbons (Fsp3) is 0.625. The number of carbonyl (C=O) groups is 1. The van der Waals surface area contributed by atoms with Crippen LogP contribution in [0.5, 0.6) is 0 Å². The van der Waals surface area contributed by atoms with E-state index in [0.29, 0.717) is 0 Å². The summed E-state index contributed by atoms with van der Waals surface area (Å²) in [4.78, 5) is 11.2. The van der Waals surface area contributed by atoms with Crippen molar-refractivity contribution < 1.29 is 57.4 Å². The summed E-state index contributed by atoms with van der Waals surface area (Å²) in [5, 5.41) is 0. The lowest BCUT2D eigenvalue weighted by atomic mass is 10.3. The van der Waals surface area contributed by atoms with Gasteiger partial charge in [-0.05, 0) is 0 Å². The SMILES string of the molecule is CC1(C)OC(=O)C=C(N(S(=O)(=O)C(F)(F)F)S(=O)(=O)C(F)(F)F)O1. The fourth-order valence-corrected chi connectivity index (χ4v) is 3.89. The van der Waals surface area contributed by atoms with E-state index in [0.717, 1.165) is 13.8 Å². The molecular weight excluding hydrogens is 400 g/mol. The van der Waals surface area contributed by atoms with Gasteiger partial charge in [-0.1, -0.05) is 0 Å². The maximum absolute atomic E-state index is 12.6. The summed E-state index contributed by atoms with van der Waals surface area (Å²) in [6.45, 7) is 1.63. The van der Waals surface area contributed by atoms with Crippen LogP contribution in [0.25, 0.3) is 0 Å². The van der Waals surface area contributed by atoms with Crippen LogP contribution >= 0.6 is 0 Å². The first-order chi connectivity index (χ1) is 10.3. The number of ether oxygens (including phenoxy) is 2. The molecule has 0 spiro atoms. The van der Waals surface area contributed by atoms with Crippen molar-refractivity contribution in [2.75, 3.05) is 0 Å². The molecule has 0 saturated heterocycles. The van der Waals surface area contributed by atoms with E-state index >= 15 is 0 Å². The summed E-state index contributed by atoms with van der Waals surface area (Å²) >= 11 is 0. The van der Waals surface area contributed by atoms with Gasteiger partial charge in [-0.3, -0.25) is 0 Å². The summed E-state index contributed by atoms with van der Waals surface area (Å²) in [7, 11) is -14.3. The van der Waals surface area contributed by atoms with Crippen LogP contribution in [-0.4, -0.2) is 43.3 Å². The van der Waals surface area contributed by atoms with Crippen molar-refractivity contribution >= 4 is 26.0 Å². The van der Waals surface area contributed by atoms with Crippen LogP contribution < -0.4 is 0 Å². The second-order valence-corrected chi connectivity index (χ2v) is 8.29. The third-order valence-corrected chi connectivity index (χ3v) is 5.72. The molecule has 0 unspecified atom stereocenters. The molecule has 0 aromatic rings. The molecule has 0 radical (unpaired) electrons. The van der Waals surface area contributed by atoms with Crippen LogP contribution in [0.2, 0.25) is 0 Å². The smallest absolute Gasteiger partial charge is 0.435 e. The minimum atomic E-state index is -7.13. The lowest BCUT2D eigenvalue weighted by Crippen LogP contribution is -2.51. The maximum atomic E-state index is 12.6. The molecule has 0 aliphatic carbocycles. The van der Waals surface area contributed by atoms with Crippen LogP contribution in [-0.2, 0) is 34.3 Å². The van der Waals surface area contributed by atoms with Crippen molar-refractivity contribution in [3.63, 3.8) is 0 Å². The number of alkyl halides is 6. The zero-order valence-electron chi connectivity index (χ0n) is 11.5. The van der Waals surface area contributed by atoms with Gasteiger partial charge in [0.2, 0.25) is 5.88 Å². The molecule has 16 heteroatoms. The lowest BCUT2D eigenvalue weighted by Gasteiger charge is -2.34. The van der Waals surface area contributed by atoms with Crippen LogP contribution in [0.15, 0.2) is 12.0 Å². The minimum Gasteiger partial charge on any atom is -0.435 e. The zero-order valence-corrected chi connectivity index (χ0v) is 13.1. The first kappa shape index (κ1) is 20.3. The number of esters is 1. The summed E-state index contributed by atoms with van der Waals surface area (Å²) in [5.41, 5.74) is -12.9. The number of rotatable bonds is 3. The average molecular weight is 407 g/mol. The number of carbonyl (C=O) groups excluding carboxylic acids is 1. The highest BCUT2D eigenvalue weighted by molar-refractivity contribution is 8.05. The van der Waals surface area contributed by atoms with Crippen molar-refractivity contribution in [2.24, 2.45) is 0 Å². The summed E-state index contributed by atoms with van der Waals surface area (Å²) in [6, 6.07) is 0. The highest BCUT2D eigenvalue weighted by Crippen LogP contribution is 2.40. The Morgan fingerprint density at radius 3 is 1.58 bits per heavy atom. The van der Waals surface area contributed by atoms with Gasteiger partial charge in [-0.2, -0.15) is 43.2 Å². The van der Waals surface area contributed by atoms with E-state index in [4.69, 9.17) is 0 Å². The summed E-state index contributed by atoms with van der Waals surface area (Å²) in [5.74, 6) is -5.89. The minimum absolute atomic E-state index is 0.280. The molecule has 0 amide bonds. The van der Waals surface area contributed by atoms with Gasteiger partial charge >= 0.3 is 37.0 Å². The van der Waals surface area contributed by atoms with Crippen LogP contribution in [0.1, 0.15) is 13.8 Å². The lowest BCUT2D eigenvalue weighted by molar-refractivity contribution is -0.209. The van der Waals surface area contributed by atoms with Gasteiger partial charge in [0.25, 0.3) is 5.79 Å². The summed E-state index contributed by atoms with van der Waals surface area (Å²) < 4.78 is 127. The molecule has 8 nitrogen and oxygen atoms in total. The van der Waals surface area contributed by atoms with Gasteiger partial charge in [-0.25, -0.2) is 4.79 Å². The monoisotopic (exact) mass is 407 g/mol. The molecule has 1 aliphatic rings. The van der Waals surface area contributed by atoms with E-state index in [-0.39, 0.29) is 6.08 Å². The molecule has 1 heterocycles. The molecule has 0 fully saturated rings. The van der Waals surface area contributed by atoms with Gasteiger partial charge in [0.1, 0.15) is 0 Å². The molecule has 1 aliphatic heterocycles. The molecule has 0 bridgehead atoms. The Balaban J connectivity index is 3.75. The maximum Gasteiger partial charge on any atom is 0.517 e. The number of halogens is 6. The molecule has 0 atom stereocenters. The predicted molar refractivity (Wildman–Crippen MR) is 61.1 cm³/mol. The number of nitrogens with zero attached hydrogens (tertiary/aromatic N) is 1. The second kappa shape index (κ2) is 5.40. The van der Waals surface area contributed by atoms with Crippen LogP contribution in [0, 0.1) is 0 Å². The standard InChI is InChI=1S/C8H7F6NO7S2/c1-6(2)21-4(3-5(16)22-6)15(23(17,18)7(9,10)11)24(19,20)8(12,13)14/h3H,1-2H3. The molecule has 0 aromatic carbocycles. The molecule has 0 N–H and O–H groups in total. The van der Waals surface area contributed by atoms with Gasteiger partial charge in [0.15, 0.2) is 0 Å². The van der Waals surface area contributed by atoms with E-state index in [1.807, 2.05) is 0 Å². The van der Waals surface area contributed by atoms with E-state index in [1.165, 1.54) is 0 Å². The van der Waals surface area contributed by atoms with E-state index in [2.05, 4.69) is 9.47 Å². The van der Waals surface area contributed by atoms with Crippen LogP contribution in [0.3, 0.4) is 0 Å². The zero-order chi connectivity index (χ0) is 19.4. The quantitative estimate of drug-likeness (QED) is 0.510. The fourth-order valence-electron chi connectivity index (χ4n) is 1.32. The largest absolute Gasteiger partial charge is 0.517 e. The Morgan fingerprint density at radius 2 is 1.29 bits per heavy atom. The molecule has 0 aromatic heterocycles. The first-order valence-electron chi connectivity index (χ1n) is 5.40. The van der Waals surface area contributed by atoms with Crippen molar-refractivity contribution in [2.45, 2.75) is 30.7 Å². The van der Waals surface area contributed by atoms with Crippen molar-refractivity contribution in [1.29, 1.82) is 0 Å². The molecule has 0 saturated carbocycles. The molecule has 24 heavy (non-hydrogen) atoms. The van der Waals surface area contributed by atoms with E-state index in [1.54, 1.807) is 0 Å². The van der Waals surface area contributed by atoms with Crippen molar-refractivity contribution in [3.05, 3.63) is 12.0 Å². The molecule has 1 rings (SSSR count). The third kappa shape index (κ3) is 3.52. The highest BCUT2D eigenvalue weighted by atomic mass is 32.3. The second-order valence-electron chi connectivity index (χ2n) is 4.50. The Labute approximate surface area is 130 Å². The Bertz CT molecular complexity index is 733. The van der Waals surface area contributed by atoms with Crippen molar-refractivity contribution in [3.8, 4) is 0 Å². The first-order valence-corrected chi connectivity index (χ1v) is 8.28. The number of hydrogen-bond acceptors (Lipinski definition) is 7. The normalized spacial score (nSPS) is 19.2. The van der Waals surface area contributed by atoms with Crippen LogP contribution in [0.4, 0.5) is 26.3 Å². The Morgan fingerprint density at radius 1 is 0.917 bits per heavy atom. The van der Waals surface area contributed by atoms with Crippen molar-refractivity contribution in [1.82, 2.24) is 3.71 Å². The van der Waals surface area contributed by atoms with E-state index < -0.39 is 52.4 Å². The Kier molecular flexibility index (Phi) is 4.57. The summed E-state index contributed by atoms with van der Waals surface area (Å²) in [6.07, 6.45) is -0.280. The topological polar surface area (TPSA) is 107 Å². The van der Waals surface area contributed by atoms with E-state index in [9.17, 15) is 48.0 Å². The predicted octanol–water partition coefficient (Wildman–Crippen LogP) is 1.14. The average Bonchev–Trinajstić information content (AvgIpc) is 2.21. The number of sulfonamides is 2. The van der Waals surface area contributed by atoms with Gasteiger partial charge in [0.05, 0.1) is 6.08 Å². The number of hydrogen-bond donors (Lipinski definition) is 0. The molecular formula is C8H7F6NO7S2. The highest BCUT2D eigenvalue weighted by Gasteiger charge is 2.63. The molecule has 140 valence electrons. The van der Waals surface area contributed by atoms with Gasteiger partial charge in [-0.15, -0.1) is 3.71 Å². The third-order valence-electron chi connectivity index (χ3n) is 2.14. The Hall–Kier alpha value is -1.71.